The second-order valence-corrected chi connectivity index (χ2v) is 5.35. The Labute approximate surface area is 113 Å². The zero-order valence-electron chi connectivity index (χ0n) is 11.6. The Morgan fingerprint density at radius 3 is 2.84 bits per heavy atom. The van der Waals surface area contributed by atoms with Crippen molar-refractivity contribution in [2.75, 3.05) is 13.6 Å². The Morgan fingerprint density at radius 1 is 1.37 bits per heavy atom. The summed E-state index contributed by atoms with van der Waals surface area (Å²) >= 11 is 0. The lowest BCUT2D eigenvalue weighted by molar-refractivity contribution is 0.113. The predicted molar refractivity (Wildman–Crippen MR) is 72.9 cm³/mol. The largest absolute Gasteiger partial charge is 0.316 e. The van der Waals surface area contributed by atoms with Crippen LogP contribution in [0.2, 0.25) is 0 Å². The van der Waals surface area contributed by atoms with Crippen molar-refractivity contribution < 1.29 is 8.78 Å². The predicted octanol–water partition coefficient (Wildman–Crippen LogP) is 2.93. The zero-order valence-corrected chi connectivity index (χ0v) is 11.6. The summed E-state index contributed by atoms with van der Waals surface area (Å²) in [5, 5.41) is 3.28. The Morgan fingerprint density at radius 2 is 2.16 bits per heavy atom. The molecule has 0 saturated carbocycles. The number of hydrogen-bond donors (Lipinski definition) is 1. The van der Waals surface area contributed by atoms with E-state index in [0.717, 1.165) is 25.5 Å². The minimum Gasteiger partial charge on any atom is -0.316 e. The summed E-state index contributed by atoms with van der Waals surface area (Å²) < 4.78 is 26.7. The molecule has 0 amide bonds. The molecule has 0 radical (unpaired) electrons. The van der Waals surface area contributed by atoms with Crippen molar-refractivity contribution in [3.63, 3.8) is 0 Å². The maximum absolute atomic E-state index is 13.7. The van der Waals surface area contributed by atoms with Gasteiger partial charge in [-0.2, -0.15) is 0 Å². The molecular weight excluding hydrogens is 246 g/mol. The molecule has 2 unspecified atom stereocenters. The molecule has 1 fully saturated rings. The second kappa shape index (κ2) is 6.44. The molecule has 0 bridgehead atoms. The van der Waals surface area contributed by atoms with Crippen LogP contribution in [0.4, 0.5) is 8.78 Å². The molecule has 1 N–H and O–H groups in total. The smallest absolute Gasteiger partial charge is 0.130 e. The van der Waals surface area contributed by atoms with Gasteiger partial charge < -0.3 is 5.32 Å². The molecule has 1 heterocycles. The van der Waals surface area contributed by atoms with Gasteiger partial charge in [0.2, 0.25) is 0 Å². The number of benzene rings is 1. The van der Waals surface area contributed by atoms with Gasteiger partial charge in [-0.15, -0.1) is 0 Å². The van der Waals surface area contributed by atoms with Crippen molar-refractivity contribution in [1.29, 1.82) is 0 Å². The van der Waals surface area contributed by atoms with E-state index in [1.807, 2.05) is 7.05 Å². The lowest BCUT2D eigenvalue weighted by Crippen LogP contribution is -2.49. The topological polar surface area (TPSA) is 15.3 Å². The molecule has 2 atom stereocenters. The molecule has 1 saturated heterocycles. The van der Waals surface area contributed by atoms with Crippen LogP contribution in [0.25, 0.3) is 0 Å². The highest BCUT2D eigenvalue weighted by atomic mass is 19.1. The van der Waals surface area contributed by atoms with Crippen molar-refractivity contribution in [1.82, 2.24) is 10.2 Å². The van der Waals surface area contributed by atoms with E-state index in [0.29, 0.717) is 24.2 Å². The van der Waals surface area contributed by atoms with E-state index < -0.39 is 11.6 Å². The van der Waals surface area contributed by atoms with E-state index in [-0.39, 0.29) is 0 Å². The number of rotatable bonds is 4. The summed E-state index contributed by atoms with van der Waals surface area (Å²) in [5.74, 6) is -0.957. The summed E-state index contributed by atoms with van der Waals surface area (Å²) in [5.41, 5.74) is 0.580. The molecule has 1 aromatic carbocycles. The Kier molecular flexibility index (Phi) is 4.88. The van der Waals surface area contributed by atoms with Crippen LogP contribution < -0.4 is 5.32 Å². The van der Waals surface area contributed by atoms with Crippen LogP contribution in [-0.2, 0) is 6.54 Å². The first-order valence-corrected chi connectivity index (χ1v) is 6.97. The summed E-state index contributed by atoms with van der Waals surface area (Å²) in [7, 11) is 1.95. The van der Waals surface area contributed by atoms with Gasteiger partial charge in [-0.25, -0.2) is 8.78 Å². The Balaban J connectivity index is 2.10. The van der Waals surface area contributed by atoms with Gasteiger partial charge in [-0.05, 0) is 39.4 Å². The average molecular weight is 268 g/mol. The molecule has 1 aliphatic rings. The third-order valence-electron chi connectivity index (χ3n) is 4.09. The summed E-state index contributed by atoms with van der Waals surface area (Å²) in [6.45, 7) is 3.69. The number of hydrogen-bond acceptors (Lipinski definition) is 2. The van der Waals surface area contributed by atoms with Gasteiger partial charge in [0.1, 0.15) is 11.6 Å². The van der Waals surface area contributed by atoms with Crippen molar-refractivity contribution in [3.05, 3.63) is 35.4 Å². The fourth-order valence-corrected chi connectivity index (χ4v) is 2.84. The minimum atomic E-state index is -0.514. The highest BCUT2D eigenvalue weighted by Gasteiger charge is 2.27. The van der Waals surface area contributed by atoms with Crippen LogP contribution in [0.15, 0.2) is 18.2 Å². The van der Waals surface area contributed by atoms with Crippen molar-refractivity contribution >= 4 is 0 Å². The molecule has 19 heavy (non-hydrogen) atoms. The zero-order chi connectivity index (χ0) is 13.8. The summed E-state index contributed by atoms with van der Waals surface area (Å²) in [6.07, 6.45) is 3.50. The monoisotopic (exact) mass is 268 g/mol. The van der Waals surface area contributed by atoms with Gasteiger partial charge >= 0.3 is 0 Å². The first-order valence-electron chi connectivity index (χ1n) is 6.97. The minimum absolute atomic E-state index is 0.379. The molecular formula is C15H22F2N2. The quantitative estimate of drug-likeness (QED) is 0.903. The standard InChI is InChI=1S/C15H22F2N2/c1-11(18-2)15-5-3-4-8-19(15)10-12-6-7-13(16)9-14(12)17/h6-7,9,11,15,18H,3-5,8,10H2,1-2H3. The Bertz CT molecular complexity index is 423. The molecule has 2 rings (SSSR count). The van der Waals surface area contributed by atoms with E-state index in [2.05, 4.69) is 17.1 Å². The Hall–Kier alpha value is -1.00. The van der Waals surface area contributed by atoms with Crippen LogP contribution in [0.3, 0.4) is 0 Å². The van der Waals surface area contributed by atoms with Crippen LogP contribution in [0, 0.1) is 11.6 Å². The number of halogens is 2. The van der Waals surface area contributed by atoms with Crippen LogP contribution in [0.5, 0.6) is 0 Å². The third kappa shape index (κ3) is 3.51. The molecule has 2 nitrogen and oxygen atoms in total. The average Bonchev–Trinajstić information content (AvgIpc) is 2.41. The number of likely N-dealkylation sites (N-methyl/N-ethyl adjacent to an activating group) is 1. The number of piperidine rings is 1. The van der Waals surface area contributed by atoms with Crippen LogP contribution in [-0.4, -0.2) is 30.6 Å². The van der Waals surface area contributed by atoms with E-state index in [9.17, 15) is 8.78 Å². The highest BCUT2D eigenvalue weighted by molar-refractivity contribution is 5.18. The maximum atomic E-state index is 13.7. The van der Waals surface area contributed by atoms with Crippen LogP contribution >= 0.6 is 0 Å². The molecule has 0 aromatic heterocycles. The fourth-order valence-electron chi connectivity index (χ4n) is 2.84. The maximum Gasteiger partial charge on any atom is 0.130 e. The molecule has 1 aliphatic heterocycles. The number of nitrogens with zero attached hydrogens (tertiary/aromatic N) is 1. The van der Waals surface area contributed by atoms with E-state index in [1.165, 1.54) is 12.5 Å². The third-order valence-corrected chi connectivity index (χ3v) is 4.09. The molecule has 1 aromatic rings. The lowest BCUT2D eigenvalue weighted by Gasteiger charge is -2.39. The van der Waals surface area contributed by atoms with Crippen molar-refractivity contribution in [3.8, 4) is 0 Å². The van der Waals surface area contributed by atoms with E-state index in [4.69, 9.17) is 0 Å². The summed E-state index contributed by atoms with van der Waals surface area (Å²) in [4.78, 5) is 2.31. The highest BCUT2D eigenvalue weighted by Crippen LogP contribution is 2.23. The van der Waals surface area contributed by atoms with Gasteiger partial charge in [0.25, 0.3) is 0 Å². The van der Waals surface area contributed by atoms with E-state index >= 15 is 0 Å². The number of nitrogens with one attached hydrogen (secondary N) is 1. The molecule has 0 spiro atoms. The summed E-state index contributed by atoms with van der Waals surface area (Å²) in [6, 6.07) is 4.65. The van der Waals surface area contributed by atoms with E-state index in [1.54, 1.807) is 6.07 Å². The molecule has 106 valence electrons. The van der Waals surface area contributed by atoms with Gasteiger partial charge in [0, 0.05) is 30.3 Å². The van der Waals surface area contributed by atoms with Crippen molar-refractivity contribution in [2.45, 2.75) is 44.8 Å². The van der Waals surface area contributed by atoms with Gasteiger partial charge in [-0.1, -0.05) is 12.5 Å². The molecule has 4 heteroatoms. The van der Waals surface area contributed by atoms with Gasteiger partial charge in [0.15, 0.2) is 0 Å². The fraction of sp³-hybridized carbons (Fsp3) is 0.600. The SMILES string of the molecule is CNC(C)C1CCCCN1Cc1ccc(F)cc1F. The first kappa shape index (κ1) is 14.4. The van der Waals surface area contributed by atoms with Crippen LogP contribution in [0.1, 0.15) is 31.7 Å². The first-order chi connectivity index (χ1) is 9.11. The normalized spacial score (nSPS) is 22.4. The molecule has 0 aliphatic carbocycles. The lowest BCUT2D eigenvalue weighted by atomic mass is 9.96. The van der Waals surface area contributed by atoms with Crippen molar-refractivity contribution in [2.24, 2.45) is 0 Å². The van der Waals surface area contributed by atoms with Gasteiger partial charge in [0.05, 0.1) is 0 Å². The van der Waals surface area contributed by atoms with Gasteiger partial charge in [-0.3, -0.25) is 4.90 Å². The second-order valence-electron chi connectivity index (χ2n) is 5.35. The number of likely N-dealkylation sites (tertiary alicyclic amines) is 1.